The summed E-state index contributed by atoms with van der Waals surface area (Å²) in [5.41, 5.74) is 4.32. The zero-order valence-electron chi connectivity index (χ0n) is 12.8. The zero-order valence-corrected chi connectivity index (χ0v) is 13.7. The number of thioether (sulfide) groups is 1. The fourth-order valence-corrected chi connectivity index (χ4v) is 2.79. The normalized spacial score (nSPS) is 11.5. The third-order valence-corrected chi connectivity index (χ3v) is 4.24. The van der Waals surface area contributed by atoms with Gasteiger partial charge < -0.3 is 5.11 Å². The molecule has 0 bridgehead atoms. The van der Waals surface area contributed by atoms with Crippen molar-refractivity contribution in [3.05, 3.63) is 76.7 Å². The second kappa shape index (κ2) is 9.70. The average Bonchev–Trinajstić information content (AvgIpc) is 2.62. The largest absolute Gasteiger partial charge is 0.480 e. The van der Waals surface area contributed by atoms with Gasteiger partial charge in [0.25, 0.3) is 0 Å². The van der Waals surface area contributed by atoms with E-state index in [2.05, 4.69) is 5.48 Å². The quantitative estimate of drug-likeness (QED) is 0.539. The number of nitrogens with one attached hydrogen (secondary N) is 1. The number of benzene rings is 2. The van der Waals surface area contributed by atoms with Gasteiger partial charge in [0.1, 0.15) is 5.94 Å². The molecule has 0 saturated heterocycles. The maximum atomic E-state index is 11.4. The van der Waals surface area contributed by atoms with Crippen molar-refractivity contribution in [2.45, 2.75) is 18.4 Å². The van der Waals surface area contributed by atoms with Gasteiger partial charge >= 0.3 is 5.97 Å². The molecule has 0 fully saturated rings. The Hall–Kier alpha value is -2.37. The maximum Gasteiger partial charge on any atom is 0.328 e. The van der Waals surface area contributed by atoms with Gasteiger partial charge in [0.2, 0.25) is 0 Å². The molecule has 2 N–H and O–H groups in total. The van der Waals surface area contributed by atoms with Gasteiger partial charge in [-0.15, -0.1) is 11.8 Å². The number of hydroxylamine groups is 1. The molecule has 0 aliphatic carbocycles. The molecule has 0 heterocycles. The van der Waals surface area contributed by atoms with E-state index in [9.17, 15) is 14.7 Å². The van der Waals surface area contributed by atoms with Crippen LogP contribution in [0.3, 0.4) is 0 Å². The number of carbonyl (C=O) groups excluding carboxylic acids is 1. The minimum atomic E-state index is -1.25. The zero-order chi connectivity index (χ0) is 17.2. The minimum Gasteiger partial charge on any atom is -0.480 e. The van der Waals surface area contributed by atoms with Crippen LogP contribution < -0.4 is 5.48 Å². The highest BCUT2D eigenvalue weighted by molar-refractivity contribution is 8.02. The molecule has 0 amide bonds. The Bertz CT molecular complexity index is 699. The van der Waals surface area contributed by atoms with Crippen molar-refractivity contribution in [1.82, 2.24) is 5.48 Å². The standard InChI is InChI=1S/C18H17NO4S/c20-11-16(24-13-15-9-5-2-6-10-15)17(18(21)22)19-23-12-14-7-3-1-4-8-14/h1-10,17,19H,12-13H2,(H,21,22)/t17-/m0/s1. The summed E-state index contributed by atoms with van der Waals surface area (Å²) in [4.78, 5) is 27.8. The van der Waals surface area contributed by atoms with Gasteiger partial charge in [-0.3, -0.25) is 9.63 Å². The molecule has 0 aliphatic heterocycles. The van der Waals surface area contributed by atoms with E-state index in [-0.39, 0.29) is 11.5 Å². The van der Waals surface area contributed by atoms with Crippen LogP contribution in [0.4, 0.5) is 0 Å². The Morgan fingerprint density at radius 3 is 2.21 bits per heavy atom. The van der Waals surface area contributed by atoms with Crippen molar-refractivity contribution in [2.75, 3.05) is 0 Å². The van der Waals surface area contributed by atoms with E-state index >= 15 is 0 Å². The van der Waals surface area contributed by atoms with E-state index in [1.54, 1.807) is 5.94 Å². The van der Waals surface area contributed by atoms with Gasteiger partial charge in [-0.05, 0) is 11.1 Å². The van der Waals surface area contributed by atoms with Gasteiger partial charge in [0.15, 0.2) is 6.04 Å². The SMILES string of the molecule is O=C=C(SCc1ccccc1)[C@H](NOCc1ccccc1)C(=O)O. The number of hydrogen-bond acceptors (Lipinski definition) is 5. The molecular weight excluding hydrogens is 326 g/mol. The summed E-state index contributed by atoms with van der Waals surface area (Å²) >= 11 is 1.13. The van der Waals surface area contributed by atoms with E-state index in [0.29, 0.717) is 5.75 Å². The van der Waals surface area contributed by atoms with Crippen molar-refractivity contribution in [3.63, 3.8) is 0 Å². The fourth-order valence-electron chi connectivity index (χ4n) is 1.91. The molecule has 124 valence electrons. The fraction of sp³-hybridized carbons (Fsp3) is 0.167. The Morgan fingerprint density at radius 1 is 1.08 bits per heavy atom. The lowest BCUT2D eigenvalue weighted by molar-refractivity contribution is -0.142. The van der Waals surface area contributed by atoms with Gasteiger partial charge in [-0.25, -0.2) is 4.79 Å². The topological polar surface area (TPSA) is 75.6 Å². The number of carboxylic acid groups (broad SMARTS) is 1. The first-order valence-electron chi connectivity index (χ1n) is 7.26. The predicted octanol–water partition coefficient (Wildman–Crippen LogP) is 2.81. The monoisotopic (exact) mass is 343 g/mol. The molecule has 0 saturated carbocycles. The lowest BCUT2D eigenvalue weighted by atomic mass is 10.2. The van der Waals surface area contributed by atoms with Crippen LogP contribution in [0.1, 0.15) is 11.1 Å². The number of rotatable bonds is 9. The Morgan fingerprint density at radius 2 is 1.67 bits per heavy atom. The predicted molar refractivity (Wildman–Crippen MR) is 92.7 cm³/mol. The first kappa shape index (κ1) is 18.0. The van der Waals surface area contributed by atoms with Crippen molar-refractivity contribution in [3.8, 4) is 0 Å². The summed E-state index contributed by atoms with van der Waals surface area (Å²) in [7, 11) is 0. The average molecular weight is 343 g/mol. The molecule has 2 aromatic rings. The highest BCUT2D eigenvalue weighted by Crippen LogP contribution is 2.22. The van der Waals surface area contributed by atoms with Crippen molar-refractivity contribution < 1.29 is 19.5 Å². The summed E-state index contributed by atoms with van der Waals surface area (Å²) in [6, 6.07) is 17.5. The third-order valence-electron chi connectivity index (χ3n) is 3.13. The molecule has 2 rings (SSSR count). The smallest absolute Gasteiger partial charge is 0.328 e. The van der Waals surface area contributed by atoms with Crippen LogP contribution >= 0.6 is 11.8 Å². The Balaban J connectivity index is 1.92. The summed E-state index contributed by atoms with van der Waals surface area (Å²) in [5, 5.41) is 9.31. The van der Waals surface area contributed by atoms with Crippen LogP contribution in [0.2, 0.25) is 0 Å². The molecule has 2 aromatic carbocycles. The van der Waals surface area contributed by atoms with E-state index in [4.69, 9.17) is 4.84 Å². The highest BCUT2D eigenvalue weighted by Gasteiger charge is 2.24. The molecule has 5 nitrogen and oxygen atoms in total. The first-order valence-corrected chi connectivity index (χ1v) is 8.25. The van der Waals surface area contributed by atoms with E-state index in [1.165, 1.54) is 0 Å². The van der Waals surface area contributed by atoms with E-state index in [0.717, 1.165) is 22.9 Å². The summed E-state index contributed by atoms with van der Waals surface area (Å²) in [5.74, 6) is 0.998. The maximum absolute atomic E-state index is 11.4. The molecule has 24 heavy (non-hydrogen) atoms. The van der Waals surface area contributed by atoms with Crippen LogP contribution in [-0.4, -0.2) is 23.1 Å². The molecule has 1 atom stereocenters. The molecule has 0 radical (unpaired) electrons. The first-order chi connectivity index (χ1) is 11.7. The second-order valence-electron chi connectivity index (χ2n) is 4.90. The van der Waals surface area contributed by atoms with Gasteiger partial charge in [-0.1, -0.05) is 60.7 Å². The molecule has 0 aromatic heterocycles. The highest BCUT2D eigenvalue weighted by atomic mass is 32.2. The summed E-state index contributed by atoms with van der Waals surface area (Å²) in [6.45, 7) is 0.195. The van der Waals surface area contributed by atoms with Crippen LogP contribution in [0.5, 0.6) is 0 Å². The lowest BCUT2D eigenvalue weighted by Gasteiger charge is -2.15. The molecular formula is C18H17NO4S. The Kier molecular flexibility index (Phi) is 7.26. The van der Waals surface area contributed by atoms with Crippen LogP contribution in [-0.2, 0) is 26.8 Å². The molecule has 0 unspecified atom stereocenters. The van der Waals surface area contributed by atoms with Crippen molar-refractivity contribution >= 4 is 23.7 Å². The van der Waals surface area contributed by atoms with Gasteiger partial charge in [-0.2, -0.15) is 5.48 Å². The number of hydrogen-bond donors (Lipinski definition) is 2. The number of aliphatic carboxylic acids is 1. The van der Waals surface area contributed by atoms with Crippen molar-refractivity contribution in [2.24, 2.45) is 0 Å². The van der Waals surface area contributed by atoms with Crippen LogP contribution in [0.25, 0.3) is 0 Å². The van der Waals surface area contributed by atoms with Crippen molar-refractivity contribution in [1.29, 1.82) is 0 Å². The van der Waals surface area contributed by atoms with Crippen LogP contribution in [0.15, 0.2) is 65.6 Å². The molecule has 6 heteroatoms. The summed E-state index contributed by atoms with van der Waals surface area (Å²) in [6.07, 6.45) is 0. The van der Waals surface area contributed by atoms with E-state index < -0.39 is 12.0 Å². The number of carboxylic acids is 1. The van der Waals surface area contributed by atoms with Gasteiger partial charge in [0.05, 0.1) is 11.5 Å². The second-order valence-corrected chi connectivity index (χ2v) is 5.92. The van der Waals surface area contributed by atoms with Gasteiger partial charge in [0, 0.05) is 5.75 Å². The molecule has 0 spiro atoms. The minimum absolute atomic E-state index is 0.0411. The molecule has 0 aliphatic rings. The van der Waals surface area contributed by atoms with E-state index in [1.807, 2.05) is 60.7 Å². The van der Waals surface area contributed by atoms with Crippen LogP contribution in [0, 0.1) is 0 Å². The number of carbonyl (C=O) groups is 1. The lowest BCUT2D eigenvalue weighted by Crippen LogP contribution is -2.37. The Labute approximate surface area is 144 Å². The summed E-state index contributed by atoms with van der Waals surface area (Å²) < 4.78 is 0. The third kappa shape index (κ3) is 5.68.